The Labute approximate surface area is 158 Å². The van der Waals surface area contributed by atoms with E-state index in [1.807, 2.05) is 26.8 Å². The number of benzene rings is 1. The molecule has 0 saturated carbocycles. The van der Waals surface area contributed by atoms with Crippen molar-refractivity contribution in [2.45, 2.75) is 33.4 Å². The van der Waals surface area contributed by atoms with Gasteiger partial charge in [0.25, 0.3) is 0 Å². The fourth-order valence-corrected chi connectivity index (χ4v) is 2.43. The number of urea groups is 1. The second-order valence-electron chi connectivity index (χ2n) is 6.19. The Morgan fingerprint density at radius 3 is 2.69 bits per heavy atom. The number of ether oxygens (including phenoxy) is 1. The Kier molecular flexibility index (Phi) is 7.24. The van der Waals surface area contributed by atoms with E-state index in [2.05, 4.69) is 15.6 Å². The minimum atomic E-state index is -0.820. The van der Waals surface area contributed by atoms with E-state index in [-0.39, 0.29) is 19.2 Å². The van der Waals surface area contributed by atoms with Crippen LogP contribution in [0.1, 0.15) is 22.4 Å². The zero-order chi connectivity index (χ0) is 19.1. The minimum absolute atomic E-state index is 0.0718. The molecule has 0 fully saturated rings. The van der Waals surface area contributed by atoms with Crippen molar-refractivity contribution in [3.05, 3.63) is 57.9 Å². The standard InChI is InChI=1S/C19H24ClN3O3/c1-12-6-14(3)21-8-15(12)9-22-19(25)23-10-16(24)11-26-17-4-5-18(20)13(2)7-17/h4-8,16,24H,9-11H2,1-3H3,(H2,22,23,25)/t16-/m1/s1. The van der Waals surface area contributed by atoms with Crippen molar-refractivity contribution in [2.24, 2.45) is 0 Å². The first kappa shape index (κ1) is 20.0. The highest BCUT2D eigenvalue weighted by Gasteiger charge is 2.09. The topological polar surface area (TPSA) is 83.5 Å². The average molecular weight is 378 g/mol. The summed E-state index contributed by atoms with van der Waals surface area (Å²) in [5, 5.41) is 16.0. The maximum Gasteiger partial charge on any atom is 0.315 e. The lowest BCUT2D eigenvalue weighted by molar-refractivity contribution is 0.108. The van der Waals surface area contributed by atoms with E-state index in [1.165, 1.54) is 0 Å². The maximum atomic E-state index is 11.8. The van der Waals surface area contributed by atoms with Crippen LogP contribution >= 0.6 is 11.6 Å². The number of hydrogen-bond donors (Lipinski definition) is 3. The summed E-state index contributed by atoms with van der Waals surface area (Å²) >= 11 is 5.96. The number of aliphatic hydroxyl groups excluding tert-OH is 1. The summed E-state index contributed by atoms with van der Waals surface area (Å²) in [6.07, 6.45) is 0.932. The van der Waals surface area contributed by atoms with E-state index in [0.717, 1.165) is 22.4 Å². The summed E-state index contributed by atoms with van der Waals surface area (Å²) in [5.74, 6) is 0.623. The van der Waals surface area contributed by atoms with Gasteiger partial charge in [0.1, 0.15) is 18.5 Å². The van der Waals surface area contributed by atoms with Gasteiger partial charge in [-0.15, -0.1) is 0 Å². The molecule has 0 aliphatic rings. The molecule has 3 N–H and O–H groups in total. The lowest BCUT2D eigenvalue weighted by atomic mass is 10.1. The highest BCUT2D eigenvalue weighted by Crippen LogP contribution is 2.21. The fourth-order valence-electron chi connectivity index (χ4n) is 2.32. The molecule has 2 rings (SSSR count). The molecule has 0 aliphatic heterocycles. The maximum absolute atomic E-state index is 11.8. The number of amides is 2. The highest BCUT2D eigenvalue weighted by molar-refractivity contribution is 6.31. The SMILES string of the molecule is Cc1cc(C)c(CNC(=O)NC[C@@H](O)COc2ccc(Cl)c(C)c2)cn1. The Hall–Kier alpha value is -2.31. The van der Waals surface area contributed by atoms with Crippen molar-refractivity contribution >= 4 is 17.6 Å². The largest absolute Gasteiger partial charge is 0.491 e. The van der Waals surface area contributed by atoms with Crippen LogP contribution in [0.5, 0.6) is 5.75 Å². The van der Waals surface area contributed by atoms with E-state index in [9.17, 15) is 9.90 Å². The van der Waals surface area contributed by atoms with Gasteiger partial charge in [0.15, 0.2) is 0 Å². The van der Waals surface area contributed by atoms with Gasteiger partial charge in [-0.3, -0.25) is 4.98 Å². The zero-order valence-electron chi connectivity index (χ0n) is 15.2. The summed E-state index contributed by atoms with van der Waals surface area (Å²) in [5.41, 5.74) is 3.86. The monoisotopic (exact) mass is 377 g/mol. The van der Waals surface area contributed by atoms with Crippen LogP contribution in [0.4, 0.5) is 4.79 Å². The third-order valence-corrected chi connectivity index (χ3v) is 4.29. The zero-order valence-corrected chi connectivity index (χ0v) is 15.9. The molecule has 1 aromatic heterocycles. The number of aromatic nitrogens is 1. The number of hydrogen-bond acceptors (Lipinski definition) is 4. The van der Waals surface area contributed by atoms with Gasteiger partial charge in [-0.05, 0) is 61.7 Å². The molecule has 0 saturated heterocycles. The molecule has 0 unspecified atom stereocenters. The van der Waals surface area contributed by atoms with Gasteiger partial charge in [-0.1, -0.05) is 11.6 Å². The van der Waals surface area contributed by atoms with E-state index in [1.54, 1.807) is 24.4 Å². The molecule has 1 atom stereocenters. The van der Waals surface area contributed by atoms with Crippen LogP contribution in [0.2, 0.25) is 5.02 Å². The first-order valence-corrected chi connectivity index (χ1v) is 8.74. The summed E-state index contributed by atoms with van der Waals surface area (Å²) < 4.78 is 5.50. The molecule has 140 valence electrons. The van der Waals surface area contributed by atoms with E-state index >= 15 is 0 Å². The molecule has 0 spiro atoms. The first-order chi connectivity index (χ1) is 12.3. The number of pyridine rings is 1. The van der Waals surface area contributed by atoms with Crippen molar-refractivity contribution in [2.75, 3.05) is 13.2 Å². The minimum Gasteiger partial charge on any atom is -0.491 e. The average Bonchev–Trinajstić information content (AvgIpc) is 2.60. The van der Waals surface area contributed by atoms with Crippen molar-refractivity contribution in [1.29, 1.82) is 0 Å². The van der Waals surface area contributed by atoms with E-state index < -0.39 is 6.10 Å². The molecule has 2 aromatic rings. The van der Waals surface area contributed by atoms with Gasteiger partial charge in [-0.2, -0.15) is 0 Å². The number of rotatable bonds is 7. The molecule has 2 amide bonds. The first-order valence-electron chi connectivity index (χ1n) is 8.36. The molecule has 0 radical (unpaired) electrons. The number of nitrogens with zero attached hydrogens (tertiary/aromatic N) is 1. The second-order valence-corrected chi connectivity index (χ2v) is 6.60. The molecule has 26 heavy (non-hydrogen) atoms. The van der Waals surface area contributed by atoms with Crippen LogP contribution in [0.15, 0.2) is 30.5 Å². The van der Waals surface area contributed by atoms with Crippen molar-refractivity contribution in [1.82, 2.24) is 15.6 Å². The van der Waals surface area contributed by atoms with Gasteiger partial charge < -0.3 is 20.5 Å². The van der Waals surface area contributed by atoms with E-state index in [4.69, 9.17) is 16.3 Å². The molecular formula is C19H24ClN3O3. The smallest absolute Gasteiger partial charge is 0.315 e. The number of carbonyl (C=O) groups is 1. The Balaban J connectivity index is 1.70. The van der Waals surface area contributed by atoms with Crippen LogP contribution in [0.3, 0.4) is 0 Å². The van der Waals surface area contributed by atoms with Gasteiger partial charge in [0.05, 0.1) is 0 Å². The van der Waals surface area contributed by atoms with Crippen LogP contribution in [-0.4, -0.2) is 35.4 Å². The Morgan fingerprint density at radius 2 is 2.00 bits per heavy atom. The number of aliphatic hydroxyl groups is 1. The quantitative estimate of drug-likeness (QED) is 0.692. The van der Waals surface area contributed by atoms with Crippen LogP contribution in [0.25, 0.3) is 0 Å². The van der Waals surface area contributed by atoms with Gasteiger partial charge in [-0.25, -0.2) is 4.79 Å². The Morgan fingerprint density at radius 1 is 1.23 bits per heavy atom. The third-order valence-electron chi connectivity index (χ3n) is 3.87. The number of carbonyl (C=O) groups excluding carboxylic acids is 1. The van der Waals surface area contributed by atoms with Crippen molar-refractivity contribution in [3.8, 4) is 5.75 Å². The van der Waals surface area contributed by atoms with E-state index in [0.29, 0.717) is 17.3 Å². The summed E-state index contributed by atoms with van der Waals surface area (Å²) in [6.45, 7) is 6.31. The van der Waals surface area contributed by atoms with Gasteiger partial charge in [0, 0.05) is 30.0 Å². The molecular weight excluding hydrogens is 354 g/mol. The lowest BCUT2D eigenvalue weighted by Gasteiger charge is -2.14. The summed E-state index contributed by atoms with van der Waals surface area (Å²) in [7, 11) is 0. The number of halogens is 1. The second kappa shape index (κ2) is 9.40. The normalized spacial score (nSPS) is 11.7. The molecule has 1 heterocycles. The lowest BCUT2D eigenvalue weighted by Crippen LogP contribution is -2.41. The van der Waals surface area contributed by atoms with Gasteiger partial charge >= 0.3 is 6.03 Å². The molecule has 0 aliphatic carbocycles. The highest BCUT2D eigenvalue weighted by atomic mass is 35.5. The fraction of sp³-hybridized carbons (Fsp3) is 0.368. The molecule has 0 bridgehead atoms. The number of nitrogens with one attached hydrogen (secondary N) is 2. The summed E-state index contributed by atoms with van der Waals surface area (Å²) in [6, 6.07) is 6.89. The Bertz CT molecular complexity index is 768. The van der Waals surface area contributed by atoms with Crippen LogP contribution in [-0.2, 0) is 6.54 Å². The molecule has 6 nitrogen and oxygen atoms in total. The predicted octanol–water partition coefficient (Wildman–Crippen LogP) is 2.90. The molecule has 7 heteroatoms. The predicted molar refractivity (Wildman–Crippen MR) is 102 cm³/mol. The third kappa shape index (κ3) is 6.20. The van der Waals surface area contributed by atoms with Crippen LogP contribution < -0.4 is 15.4 Å². The van der Waals surface area contributed by atoms with Crippen LogP contribution in [0, 0.1) is 20.8 Å². The van der Waals surface area contributed by atoms with Crippen molar-refractivity contribution < 1.29 is 14.6 Å². The molecule has 1 aromatic carbocycles. The van der Waals surface area contributed by atoms with Gasteiger partial charge in [0.2, 0.25) is 0 Å². The summed E-state index contributed by atoms with van der Waals surface area (Å²) in [4.78, 5) is 16.1. The number of aryl methyl sites for hydroxylation is 3. The van der Waals surface area contributed by atoms with Crippen molar-refractivity contribution in [3.63, 3.8) is 0 Å².